The first-order valence-electron chi connectivity index (χ1n) is 6.50. The summed E-state index contributed by atoms with van der Waals surface area (Å²) in [6.45, 7) is 9.69. The van der Waals surface area contributed by atoms with Crippen molar-refractivity contribution < 1.29 is 0 Å². The average Bonchev–Trinajstić information content (AvgIpc) is 2.35. The van der Waals surface area contributed by atoms with Gasteiger partial charge < -0.3 is 10.6 Å². The zero-order valence-corrected chi connectivity index (χ0v) is 14.9. The van der Waals surface area contributed by atoms with Crippen molar-refractivity contribution in [2.45, 2.75) is 39.8 Å². The summed E-state index contributed by atoms with van der Waals surface area (Å²) in [5.74, 6) is 0.789. The third-order valence-electron chi connectivity index (χ3n) is 2.31. The second-order valence-corrected chi connectivity index (χ2v) is 5.38. The number of nitrogens with zero attached hydrogens (tertiary/aromatic N) is 2. The van der Waals surface area contributed by atoms with E-state index in [1.54, 1.807) is 6.07 Å². The predicted molar refractivity (Wildman–Crippen MR) is 94.3 cm³/mol. The molecule has 20 heavy (non-hydrogen) atoms. The molecule has 0 saturated carbocycles. The molecule has 0 amide bonds. The molecule has 0 saturated heterocycles. The molecule has 1 aromatic carbocycles. The number of nitrogens with one attached hydrogen (secondary N) is 2. The van der Waals surface area contributed by atoms with E-state index in [0.29, 0.717) is 12.1 Å². The maximum absolute atomic E-state index is 8.87. The molecule has 0 aliphatic rings. The number of halogens is 1. The third-order valence-corrected chi connectivity index (χ3v) is 2.31. The Morgan fingerprint density at radius 3 is 2.60 bits per heavy atom. The van der Waals surface area contributed by atoms with Gasteiger partial charge in [-0.2, -0.15) is 5.26 Å². The van der Waals surface area contributed by atoms with Crippen LogP contribution in [0, 0.1) is 11.3 Å². The van der Waals surface area contributed by atoms with Gasteiger partial charge in [0.25, 0.3) is 0 Å². The Morgan fingerprint density at radius 2 is 2.05 bits per heavy atom. The third kappa shape index (κ3) is 7.34. The first kappa shape index (κ1) is 18.7. The van der Waals surface area contributed by atoms with Crippen molar-refractivity contribution in [3.05, 3.63) is 35.4 Å². The summed E-state index contributed by atoms with van der Waals surface area (Å²) in [5.41, 5.74) is 1.67. The van der Waals surface area contributed by atoms with E-state index < -0.39 is 0 Å². The lowest BCUT2D eigenvalue weighted by molar-refractivity contribution is 0.501. The lowest BCUT2D eigenvalue weighted by Crippen LogP contribution is -2.47. The Labute approximate surface area is 138 Å². The largest absolute Gasteiger partial charge is 0.357 e. The second-order valence-electron chi connectivity index (χ2n) is 5.38. The molecule has 0 aliphatic heterocycles. The minimum Gasteiger partial charge on any atom is -0.357 e. The maximum atomic E-state index is 8.87. The van der Waals surface area contributed by atoms with Crippen molar-refractivity contribution in [1.29, 1.82) is 5.26 Å². The number of aliphatic imine (C=N–C) groups is 1. The minimum atomic E-state index is -0.0322. The zero-order valence-electron chi connectivity index (χ0n) is 12.5. The van der Waals surface area contributed by atoms with Crippen molar-refractivity contribution >= 4 is 29.9 Å². The Balaban J connectivity index is 0.00000361. The molecule has 1 aromatic rings. The Hall–Kier alpha value is -1.29. The molecule has 0 aromatic heterocycles. The molecular weight excluding hydrogens is 363 g/mol. The zero-order chi connectivity index (χ0) is 14.3. The van der Waals surface area contributed by atoms with Gasteiger partial charge in [-0.15, -0.1) is 24.0 Å². The smallest absolute Gasteiger partial charge is 0.191 e. The van der Waals surface area contributed by atoms with Crippen LogP contribution in [0.4, 0.5) is 0 Å². The van der Waals surface area contributed by atoms with Gasteiger partial charge in [-0.05, 0) is 45.4 Å². The molecule has 0 aliphatic carbocycles. The molecule has 1 rings (SSSR count). The Bertz CT molecular complexity index is 483. The molecule has 0 atom stereocenters. The van der Waals surface area contributed by atoms with Gasteiger partial charge in [-0.1, -0.05) is 12.1 Å². The molecule has 0 unspecified atom stereocenters. The van der Waals surface area contributed by atoms with Crippen LogP contribution in [0.15, 0.2) is 29.3 Å². The number of rotatable bonds is 3. The number of hydrogen-bond donors (Lipinski definition) is 2. The standard InChI is InChI=1S/C15H22N4.HI/c1-5-17-14(19-15(2,3)4)18-11-13-8-6-7-12(9-13)10-16;/h6-9H,5,11H2,1-4H3,(H2,17,18,19);1H. The maximum Gasteiger partial charge on any atom is 0.191 e. The van der Waals surface area contributed by atoms with E-state index in [2.05, 4.69) is 42.5 Å². The summed E-state index contributed by atoms with van der Waals surface area (Å²) in [5, 5.41) is 15.4. The minimum absolute atomic E-state index is 0. The molecule has 2 N–H and O–H groups in total. The van der Waals surface area contributed by atoms with E-state index in [1.165, 1.54) is 0 Å². The summed E-state index contributed by atoms with van der Waals surface area (Å²) in [6.07, 6.45) is 0. The number of hydrogen-bond acceptors (Lipinski definition) is 2. The fourth-order valence-corrected chi connectivity index (χ4v) is 1.57. The normalized spacial score (nSPS) is 11.2. The van der Waals surface area contributed by atoms with Gasteiger partial charge in [0.05, 0.1) is 18.2 Å². The summed E-state index contributed by atoms with van der Waals surface area (Å²) in [4.78, 5) is 4.53. The van der Waals surface area contributed by atoms with Gasteiger partial charge in [-0.25, -0.2) is 4.99 Å². The Kier molecular flexibility index (Phi) is 8.23. The highest BCUT2D eigenvalue weighted by Gasteiger charge is 2.11. The fourth-order valence-electron chi connectivity index (χ4n) is 1.57. The lowest BCUT2D eigenvalue weighted by Gasteiger charge is -2.23. The highest BCUT2D eigenvalue weighted by Crippen LogP contribution is 2.06. The topological polar surface area (TPSA) is 60.2 Å². The van der Waals surface area contributed by atoms with Gasteiger partial charge in [0.15, 0.2) is 5.96 Å². The molecule has 0 radical (unpaired) electrons. The van der Waals surface area contributed by atoms with E-state index in [-0.39, 0.29) is 29.5 Å². The first-order valence-corrected chi connectivity index (χ1v) is 6.50. The summed E-state index contributed by atoms with van der Waals surface area (Å²) < 4.78 is 0. The number of guanidine groups is 1. The monoisotopic (exact) mass is 386 g/mol. The van der Waals surface area contributed by atoms with Crippen LogP contribution in [-0.2, 0) is 6.54 Å². The van der Waals surface area contributed by atoms with Crippen molar-refractivity contribution in [3.8, 4) is 6.07 Å². The van der Waals surface area contributed by atoms with Crippen molar-refractivity contribution in [2.24, 2.45) is 4.99 Å². The van der Waals surface area contributed by atoms with E-state index in [4.69, 9.17) is 5.26 Å². The quantitative estimate of drug-likeness (QED) is 0.477. The molecule has 5 heteroatoms. The van der Waals surface area contributed by atoms with Gasteiger partial charge in [0.1, 0.15) is 0 Å². The molecule has 4 nitrogen and oxygen atoms in total. The summed E-state index contributed by atoms with van der Waals surface area (Å²) in [6, 6.07) is 9.66. The Morgan fingerprint density at radius 1 is 1.35 bits per heavy atom. The molecule has 0 fully saturated rings. The highest BCUT2D eigenvalue weighted by molar-refractivity contribution is 14.0. The number of benzene rings is 1. The van der Waals surface area contributed by atoms with E-state index in [9.17, 15) is 0 Å². The molecule has 0 spiro atoms. The molecule has 110 valence electrons. The van der Waals surface area contributed by atoms with Crippen LogP contribution >= 0.6 is 24.0 Å². The number of nitriles is 1. The van der Waals surface area contributed by atoms with Crippen LogP contribution in [0.25, 0.3) is 0 Å². The van der Waals surface area contributed by atoms with E-state index in [1.807, 2.05) is 25.1 Å². The first-order chi connectivity index (χ1) is 8.94. The molecule has 0 heterocycles. The van der Waals surface area contributed by atoms with Crippen LogP contribution < -0.4 is 10.6 Å². The van der Waals surface area contributed by atoms with Crippen molar-refractivity contribution in [2.75, 3.05) is 6.54 Å². The van der Waals surface area contributed by atoms with Crippen molar-refractivity contribution in [3.63, 3.8) is 0 Å². The van der Waals surface area contributed by atoms with Crippen LogP contribution in [0.2, 0.25) is 0 Å². The summed E-state index contributed by atoms with van der Waals surface area (Å²) in [7, 11) is 0. The predicted octanol–water partition coefficient (Wildman–Crippen LogP) is 3.03. The van der Waals surface area contributed by atoms with Crippen LogP contribution in [0.3, 0.4) is 0 Å². The fraction of sp³-hybridized carbons (Fsp3) is 0.467. The SMILES string of the molecule is CCNC(=NCc1cccc(C#N)c1)NC(C)(C)C.I. The van der Waals surface area contributed by atoms with Gasteiger partial charge in [-0.3, -0.25) is 0 Å². The van der Waals surface area contributed by atoms with Gasteiger partial charge in [0, 0.05) is 12.1 Å². The van der Waals surface area contributed by atoms with E-state index >= 15 is 0 Å². The highest BCUT2D eigenvalue weighted by atomic mass is 127. The van der Waals surface area contributed by atoms with Crippen LogP contribution in [-0.4, -0.2) is 18.0 Å². The second kappa shape index (κ2) is 8.80. The molecule has 0 bridgehead atoms. The van der Waals surface area contributed by atoms with Crippen LogP contribution in [0.5, 0.6) is 0 Å². The van der Waals surface area contributed by atoms with Crippen LogP contribution in [0.1, 0.15) is 38.8 Å². The van der Waals surface area contributed by atoms with Gasteiger partial charge in [0.2, 0.25) is 0 Å². The van der Waals surface area contributed by atoms with Crippen molar-refractivity contribution in [1.82, 2.24) is 10.6 Å². The van der Waals surface area contributed by atoms with Gasteiger partial charge >= 0.3 is 0 Å². The van der Waals surface area contributed by atoms with E-state index in [0.717, 1.165) is 18.1 Å². The summed E-state index contributed by atoms with van der Waals surface area (Å²) >= 11 is 0. The average molecular weight is 386 g/mol. The lowest BCUT2D eigenvalue weighted by atomic mass is 10.1. The molecular formula is C15H23IN4.